The van der Waals surface area contributed by atoms with Crippen molar-refractivity contribution in [1.29, 1.82) is 0 Å². The summed E-state index contributed by atoms with van der Waals surface area (Å²) in [7, 11) is 0. The summed E-state index contributed by atoms with van der Waals surface area (Å²) in [5.41, 5.74) is 4.00. The van der Waals surface area contributed by atoms with Crippen LogP contribution in [0.1, 0.15) is 56.7 Å². The fourth-order valence-electron chi connectivity index (χ4n) is 3.74. The molecule has 29 heavy (non-hydrogen) atoms. The maximum absolute atomic E-state index is 12.4. The lowest BCUT2D eigenvalue weighted by Gasteiger charge is -2.19. The molecular formula is C25H33NO3. The van der Waals surface area contributed by atoms with Crippen LogP contribution in [0.25, 0.3) is 0 Å². The molecule has 0 radical (unpaired) electrons. The topological polar surface area (TPSA) is 47.6 Å². The van der Waals surface area contributed by atoms with Crippen LogP contribution in [0.15, 0.2) is 42.5 Å². The van der Waals surface area contributed by atoms with Gasteiger partial charge in [-0.3, -0.25) is 4.79 Å². The molecule has 0 spiro atoms. The van der Waals surface area contributed by atoms with Crippen LogP contribution < -0.4 is 14.8 Å². The van der Waals surface area contributed by atoms with Gasteiger partial charge in [-0.15, -0.1) is 0 Å². The Morgan fingerprint density at radius 2 is 1.72 bits per heavy atom. The molecule has 1 atom stereocenters. The van der Waals surface area contributed by atoms with Crippen LogP contribution in [0.5, 0.6) is 11.5 Å². The number of fused-ring (bicyclic) bond motifs is 1. The summed E-state index contributed by atoms with van der Waals surface area (Å²) in [6.07, 6.45) is 6.20. The molecule has 0 aliphatic heterocycles. The van der Waals surface area contributed by atoms with E-state index in [1.54, 1.807) is 0 Å². The number of hydrogen-bond acceptors (Lipinski definition) is 3. The Bertz CT molecular complexity index is 815. The number of benzene rings is 2. The van der Waals surface area contributed by atoms with Crippen molar-refractivity contribution in [2.24, 2.45) is 0 Å². The highest BCUT2D eigenvalue weighted by molar-refractivity contribution is 5.80. The first-order chi connectivity index (χ1) is 14.0. The summed E-state index contributed by atoms with van der Waals surface area (Å²) in [6, 6.07) is 14.4. The van der Waals surface area contributed by atoms with E-state index in [0.717, 1.165) is 37.2 Å². The standard InChI is InChI=1S/C25H33NO3/c1-18(2)28-23-12-6-8-20(16-23)9-7-15-26-25(27)19(3)29-24-14-13-21-10-4-5-11-22(21)17-24/h6,8,12-14,16-19H,4-5,7,9-11,15H2,1-3H3,(H,26,27)/t19-/m0/s1. The Balaban J connectivity index is 1.41. The summed E-state index contributed by atoms with van der Waals surface area (Å²) in [4.78, 5) is 12.4. The van der Waals surface area contributed by atoms with Crippen LogP contribution in [-0.4, -0.2) is 24.7 Å². The third-order valence-corrected chi connectivity index (χ3v) is 5.21. The van der Waals surface area contributed by atoms with Crippen molar-refractivity contribution in [2.45, 2.75) is 71.5 Å². The van der Waals surface area contributed by atoms with Crippen LogP contribution in [0.4, 0.5) is 0 Å². The van der Waals surface area contributed by atoms with E-state index < -0.39 is 6.10 Å². The van der Waals surface area contributed by atoms with Gasteiger partial charge < -0.3 is 14.8 Å². The highest BCUT2D eigenvalue weighted by atomic mass is 16.5. The normalized spacial score (nSPS) is 14.2. The molecule has 4 nitrogen and oxygen atoms in total. The van der Waals surface area contributed by atoms with Gasteiger partial charge in [0.25, 0.3) is 5.91 Å². The van der Waals surface area contributed by atoms with E-state index in [9.17, 15) is 4.79 Å². The van der Waals surface area contributed by atoms with Crippen molar-refractivity contribution in [3.05, 3.63) is 59.2 Å². The third-order valence-electron chi connectivity index (χ3n) is 5.21. The lowest BCUT2D eigenvalue weighted by Crippen LogP contribution is -2.37. The number of nitrogens with one attached hydrogen (secondary N) is 1. The summed E-state index contributed by atoms with van der Waals surface area (Å²) in [6.45, 7) is 6.48. The Morgan fingerprint density at radius 3 is 2.52 bits per heavy atom. The monoisotopic (exact) mass is 395 g/mol. The Kier molecular flexibility index (Phi) is 7.56. The Hall–Kier alpha value is -2.49. The van der Waals surface area contributed by atoms with E-state index in [-0.39, 0.29) is 12.0 Å². The molecule has 1 amide bonds. The number of carbonyl (C=O) groups excluding carboxylic acids is 1. The fraction of sp³-hybridized carbons (Fsp3) is 0.480. The number of ether oxygens (including phenoxy) is 2. The fourth-order valence-corrected chi connectivity index (χ4v) is 3.74. The molecule has 156 valence electrons. The van der Waals surface area contributed by atoms with Crippen LogP contribution in [0, 0.1) is 0 Å². The lowest BCUT2D eigenvalue weighted by molar-refractivity contribution is -0.127. The van der Waals surface area contributed by atoms with Gasteiger partial charge in [-0.25, -0.2) is 0 Å². The predicted molar refractivity (Wildman–Crippen MR) is 117 cm³/mol. The Morgan fingerprint density at radius 1 is 0.966 bits per heavy atom. The second-order valence-electron chi connectivity index (χ2n) is 8.11. The van der Waals surface area contributed by atoms with Crippen molar-refractivity contribution < 1.29 is 14.3 Å². The highest BCUT2D eigenvalue weighted by Crippen LogP contribution is 2.25. The van der Waals surface area contributed by atoms with Gasteiger partial charge in [0, 0.05) is 6.54 Å². The zero-order valence-electron chi connectivity index (χ0n) is 17.9. The molecule has 1 N–H and O–H groups in total. The van der Waals surface area contributed by atoms with E-state index >= 15 is 0 Å². The molecule has 0 saturated heterocycles. The summed E-state index contributed by atoms with van der Waals surface area (Å²) in [5.74, 6) is 1.61. The van der Waals surface area contributed by atoms with Crippen LogP contribution in [0.3, 0.4) is 0 Å². The SMILES string of the molecule is CC(C)Oc1cccc(CCCNC(=O)[C@H](C)Oc2ccc3c(c2)CCCC3)c1. The second kappa shape index (κ2) is 10.3. The van der Waals surface area contributed by atoms with Gasteiger partial charge in [0.05, 0.1) is 6.10 Å². The first-order valence-corrected chi connectivity index (χ1v) is 10.8. The average Bonchev–Trinajstić information content (AvgIpc) is 2.70. The molecule has 0 bridgehead atoms. The first kappa shape index (κ1) is 21.2. The highest BCUT2D eigenvalue weighted by Gasteiger charge is 2.16. The van der Waals surface area contributed by atoms with E-state index in [0.29, 0.717) is 6.54 Å². The number of rotatable bonds is 9. The molecule has 0 heterocycles. The predicted octanol–water partition coefficient (Wildman–Crippen LogP) is 4.87. The minimum Gasteiger partial charge on any atom is -0.491 e. The average molecular weight is 396 g/mol. The largest absolute Gasteiger partial charge is 0.491 e. The van der Waals surface area contributed by atoms with E-state index in [2.05, 4.69) is 29.6 Å². The van der Waals surface area contributed by atoms with Crippen molar-refractivity contribution in [3.8, 4) is 11.5 Å². The number of amides is 1. The zero-order valence-corrected chi connectivity index (χ0v) is 17.9. The summed E-state index contributed by atoms with van der Waals surface area (Å²) in [5, 5.41) is 2.99. The smallest absolute Gasteiger partial charge is 0.260 e. The Labute approximate surface area is 174 Å². The molecule has 0 unspecified atom stereocenters. The van der Waals surface area contributed by atoms with Gasteiger partial charge in [0.2, 0.25) is 0 Å². The molecule has 2 aromatic rings. The van der Waals surface area contributed by atoms with Gasteiger partial charge >= 0.3 is 0 Å². The van der Waals surface area contributed by atoms with Gasteiger partial charge in [-0.1, -0.05) is 18.2 Å². The first-order valence-electron chi connectivity index (χ1n) is 10.8. The molecule has 3 rings (SSSR count). The number of hydrogen-bond donors (Lipinski definition) is 1. The molecule has 0 saturated carbocycles. The van der Waals surface area contributed by atoms with Crippen LogP contribution in [-0.2, 0) is 24.1 Å². The minimum absolute atomic E-state index is 0.0698. The van der Waals surface area contributed by atoms with Gasteiger partial charge in [0.15, 0.2) is 6.10 Å². The number of aryl methyl sites for hydroxylation is 3. The van der Waals surface area contributed by atoms with Crippen molar-refractivity contribution in [1.82, 2.24) is 5.32 Å². The van der Waals surface area contributed by atoms with Crippen LogP contribution in [0.2, 0.25) is 0 Å². The van der Waals surface area contributed by atoms with Crippen molar-refractivity contribution in [2.75, 3.05) is 6.54 Å². The van der Waals surface area contributed by atoms with E-state index in [4.69, 9.17) is 9.47 Å². The number of carbonyl (C=O) groups is 1. The van der Waals surface area contributed by atoms with Gasteiger partial charge in [0.1, 0.15) is 11.5 Å². The third kappa shape index (κ3) is 6.52. The molecule has 4 heteroatoms. The minimum atomic E-state index is -0.501. The molecule has 1 aliphatic carbocycles. The molecule has 0 aromatic heterocycles. The molecule has 0 fully saturated rings. The van der Waals surface area contributed by atoms with E-state index in [1.807, 2.05) is 39.0 Å². The lowest BCUT2D eigenvalue weighted by atomic mass is 9.92. The zero-order chi connectivity index (χ0) is 20.6. The maximum atomic E-state index is 12.4. The maximum Gasteiger partial charge on any atom is 0.260 e. The summed E-state index contributed by atoms with van der Waals surface area (Å²) >= 11 is 0. The molecular weight excluding hydrogens is 362 g/mol. The van der Waals surface area contributed by atoms with Gasteiger partial charge in [-0.05, 0) is 100 Å². The molecule has 1 aliphatic rings. The van der Waals surface area contributed by atoms with Crippen LogP contribution >= 0.6 is 0 Å². The van der Waals surface area contributed by atoms with Crippen molar-refractivity contribution in [3.63, 3.8) is 0 Å². The quantitative estimate of drug-likeness (QED) is 0.616. The van der Waals surface area contributed by atoms with E-state index in [1.165, 1.54) is 29.5 Å². The van der Waals surface area contributed by atoms with Gasteiger partial charge in [-0.2, -0.15) is 0 Å². The summed E-state index contributed by atoms with van der Waals surface area (Å²) < 4.78 is 11.6. The second-order valence-corrected chi connectivity index (χ2v) is 8.11. The molecule has 2 aromatic carbocycles. The van der Waals surface area contributed by atoms with Crippen molar-refractivity contribution >= 4 is 5.91 Å².